The topological polar surface area (TPSA) is 46.2 Å². The first-order valence-electron chi connectivity index (χ1n) is 6.02. The molecule has 3 nitrogen and oxygen atoms in total. The lowest BCUT2D eigenvalue weighted by Gasteiger charge is -2.15. The van der Waals surface area contributed by atoms with Gasteiger partial charge in [-0.25, -0.2) is 17.5 Å². The molecule has 0 aromatic heterocycles. The molecule has 0 heterocycles. The van der Waals surface area contributed by atoms with Gasteiger partial charge >= 0.3 is 0 Å². The van der Waals surface area contributed by atoms with Gasteiger partial charge in [0.1, 0.15) is 4.90 Å². The Morgan fingerprint density at radius 3 is 2.60 bits per heavy atom. The molecule has 0 saturated heterocycles. The van der Waals surface area contributed by atoms with Gasteiger partial charge in [-0.1, -0.05) is 52.5 Å². The highest BCUT2D eigenvalue weighted by Crippen LogP contribution is 2.29. The second-order valence-electron chi connectivity index (χ2n) is 4.28. The van der Waals surface area contributed by atoms with Crippen molar-refractivity contribution in [2.24, 2.45) is 5.92 Å². The van der Waals surface area contributed by atoms with Crippen molar-refractivity contribution in [3.05, 3.63) is 28.0 Å². The number of hydrogen-bond acceptors (Lipinski definition) is 2. The maximum absolute atomic E-state index is 13.5. The van der Waals surface area contributed by atoms with E-state index in [4.69, 9.17) is 23.2 Å². The molecule has 1 atom stereocenters. The second kappa shape index (κ2) is 7.94. The van der Waals surface area contributed by atoms with Crippen LogP contribution in [0.15, 0.2) is 17.0 Å². The monoisotopic (exact) mass is 405 g/mol. The summed E-state index contributed by atoms with van der Waals surface area (Å²) in [5.74, 6) is -0.719. The fourth-order valence-corrected chi connectivity index (χ4v) is 4.13. The van der Waals surface area contributed by atoms with Crippen molar-refractivity contribution < 1.29 is 12.8 Å². The van der Waals surface area contributed by atoms with E-state index < -0.39 is 20.9 Å². The maximum Gasteiger partial charge on any atom is 0.242 e. The summed E-state index contributed by atoms with van der Waals surface area (Å²) in [5, 5.41) is 0.0991. The molecule has 114 valence electrons. The Kier molecular flexibility index (Phi) is 7.21. The first-order chi connectivity index (χ1) is 9.33. The Bertz CT molecular complexity index is 569. The van der Waals surface area contributed by atoms with Crippen LogP contribution in [0.25, 0.3) is 0 Å². The minimum atomic E-state index is -3.85. The Morgan fingerprint density at radius 2 is 2.05 bits per heavy atom. The number of nitrogens with one attached hydrogen (secondary N) is 1. The predicted molar refractivity (Wildman–Crippen MR) is 83.8 cm³/mol. The van der Waals surface area contributed by atoms with E-state index in [-0.39, 0.29) is 22.4 Å². The van der Waals surface area contributed by atoms with Gasteiger partial charge in [0.15, 0.2) is 5.82 Å². The van der Waals surface area contributed by atoms with Gasteiger partial charge in [0.05, 0.1) is 10.0 Å². The Balaban J connectivity index is 2.92. The van der Waals surface area contributed by atoms with Crippen LogP contribution in [-0.4, -0.2) is 20.3 Å². The molecule has 0 fully saturated rings. The molecular weight excluding hydrogens is 392 g/mol. The zero-order chi connectivity index (χ0) is 15.3. The van der Waals surface area contributed by atoms with Crippen LogP contribution < -0.4 is 4.72 Å². The van der Waals surface area contributed by atoms with Crippen LogP contribution in [0.2, 0.25) is 10.0 Å². The summed E-state index contributed by atoms with van der Waals surface area (Å²) in [6.45, 7) is 2.27. The third-order valence-corrected chi connectivity index (χ3v) is 5.64. The molecule has 1 aromatic carbocycles. The molecule has 0 radical (unpaired) electrons. The smallest absolute Gasteiger partial charge is 0.211 e. The molecule has 0 amide bonds. The summed E-state index contributed by atoms with van der Waals surface area (Å²) in [6.07, 6.45) is 1.69. The average molecular weight is 407 g/mol. The lowest BCUT2D eigenvalue weighted by molar-refractivity contribution is 0.483. The summed E-state index contributed by atoms with van der Waals surface area (Å²) in [5.41, 5.74) is 0. The van der Waals surface area contributed by atoms with Gasteiger partial charge in [0, 0.05) is 11.9 Å². The van der Waals surface area contributed by atoms with E-state index in [2.05, 4.69) is 20.7 Å². The molecule has 0 saturated carbocycles. The number of sulfonamides is 1. The van der Waals surface area contributed by atoms with Gasteiger partial charge < -0.3 is 0 Å². The van der Waals surface area contributed by atoms with E-state index in [1.54, 1.807) is 0 Å². The molecule has 20 heavy (non-hydrogen) atoms. The predicted octanol–water partition coefficient (Wildman–Crippen LogP) is 4.22. The van der Waals surface area contributed by atoms with E-state index in [0.29, 0.717) is 0 Å². The number of benzene rings is 1. The Morgan fingerprint density at radius 1 is 1.40 bits per heavy atom. The second-order valence-corrected chi connectivity index (χ2v) is 7.59. The molecule has 1 aromatic rings. The van der Waals surface area contributed by atoms with Crippen LogP contribution in [0, 0.1) is 11.7 Å². The van der Waals surface area contributed by atoms with Crippen molar-refractivity contribution in [3.63, 3.8) is 0 Å². The SMILES string of the molecule is CCC(CCBr)CNS(=O)(=O)c1ccc(Cl)c(F)c1Cl. The van der Waals surface area contributed by atoms with Crippen molar-refractivity contribution in [1.29, 1.82) is 0 Å². The van der Waals surface area contributed by atoms with Crippen molar-refractivity contribution in [2.45, 2.75) is 24.7 Å². The van der Waals surface area contributed by atoms with Crippen molar-refractivity contribution >= 4 is 49.2 Å². The summed E-state index contributed by atoms with van der Waals surface area (Å²) in [6, 6.07) is 2.37. The summed E-state index contributed by atoms with van der Waals surface area (Å²) in [4.78, 5) is -0.297. The van der Waals surface area contributed by atoms with Crippen LogP contribution in [0.5, 0.6) is 0 Å². The maximum atomic E-state index is 13.5. The van der Waals surface area contributed by atoms with Crippen molar-refractivity contribution in [3.8, 4) is 0 Å². The van der Waals surface area contributed by atoms with Crippen LogP contribution in [0.3, 0.4) is 0 Å². The highest BCUT2D eigenvalue weighted by Gasteiger charge is 2.22. The van der Waals surface area contributed by atoms with Crippen molar-refractivity contribution in [2.75, 3.05) is 11.9 Å². The van der Waals surface area contributed by atoms with Crippen LogP contribution in [0.4, 0.5) is 4.39 Å². The molecule has 1 N–H and O–H groups in total. The number of rotatable bonds is 7. The summed E-state index contributed by atoms with van der Waals surface area (Å²) >= 11 is 14.6. The molecule has 0 spiro atoms. The summed E-state index contributed by atoms with van der Waals surface area (Å²) < 4.78 is 40.2. The first kappa shape index (κ1) is 18.2. The molecule has 1 unspecified atom stereocenters. The normalized spacial score (nSPS) is 13.4. The fourth-order valence-electron chi connectivity index (χ4n) is 1.63. The minimum Gasteiger partial charge on any atom is -0.211 e. The lowest BCUT2D eigenvalue weighted by Crippen LogP contribution is -2.29. The van der Waals surface area contributed by atoms with E-state index in [9.17, 15) is 12.8 Å². The van der Waals surface area contributed by atoms with Gasteiger partial charge in [-0.3, -0.25) is 0 Å². The van der Waals surface area contributed by atoms with Gasteiger partial charge in [-0.15, -0.1) is 0 Å². The molecule has 0 aliphatic rings. The number of alkyl halides is 1. The van der Waals surface area contributed by atoms with Gasteiger partial charge in [0.2, 0.25) is 10.0 Å². The highest BCUT2D eigenvalue weighted by molar-refractivity contribution is 9.09. The van der Waals surface area contributed by atoms with Gasteiger partial charge in [-0.05, 0) is 24.5 Å². The molecule has 0 aliphatic carbocycles. The molecule has 8 heteroatoms. The van der Waals surface area contributed by atoms with Crippen LogP contribution in [-0.2, 0) is 10.0 Å². The third-order valence-electron chi connectivity index (χ3n) is 2.95. The molecule has 0 aliphatic heterocycles. The Hall–Kier alpha value is 0.120. The quantitative estimate of drug-likeness (QED) is 0.544. The Labute approximate surface area is 137 Å². The first-order valence-corrected chi connectivity index (χ1v) is 9.38. The molecule has 0 bridgehead atoms. The van der Waals surface area contributed by atoms with E-state index in [1.165, 1.54) is 12.1 Å². The van der Waals surface area contributed by atoms with E-state index in [1.807, 2.05) is 6.92 Å². The van der Waals surface area contributed by atoms with Crippen LogP contribution >= 0.6 is 39.1 Å². The van der Waals surface area contributed by atoms with Crippen molar-refractivity contribution in [1.82, 2.24) is 4.72 Å². The number of hydrogen-bond donors (Lipinski definition) is 1. The molecular formula is C12H15BrCl2FNO2S. The third kappa shape index (κ3) is 4.56. The fraction of sp³-hybridized carbons (Fsp3) is 0.500. The lowest BCUT2D eigenvalue weighted by atomic mass is 10.0. The minimum absolute atomic E-state index is 0.208. The molecule has 1 rings (SSSR count). The highest BCUT2D eigenvalue weighted by atomic mass is 79.9. The number of halogens is 4. The van der Waals surface area contributed by atoms with Gasteiger partial charge in [-0.2, -0.15) is 0 Å². The zero-order valence-electron chi connectivity index (χ0n) is 10.8. The zero-order valence-corrected chi connectivity index (χ0v) is 14.7. The van der Waals surface area contributed by atoms with E-state index >= 15 is 0 Å². The standard InChI is InChI=1S/C12H15BrCl2FNO2S/c1-2-8(5-6-13)7-17-20(18,19)10-4-3-9(14)12(16)11(10)15/h3-4,8,17H,2,5-7H2,1H3. The van der Waals surface area contributed by atoms with Crippen LogP contribution in [0.1, 0.15) is 19.8 Å². The van der Waals surface area contributed by atoms with Gasteiger partial charge in [0.25, 0.3) is 0 Å². The summed E-state index contributed by atoms with van der Waals surface area (Å²) in [7, 11) is -3.85. The average Bonchev–Trinajstić information content (AvgIpc) is 2.40. The largest absolute Gasteiger partial charge is 0.242 e. The van der Waals surface area contributed by atoms with E-state index in [0.717, 1.165) is 18.2 Å².